The highest BCUT2D eigenvalue weighted by atomic mass is 16.1. The fraction of sp³-hybridized carbons (Fsp3) is 0.538. The number of hydrogen-bond donors (Lipinski definition) is 2. The normalized spacial score (nSPS) is 10.5. The van der Waals surface area contributed by atoms with Gasteiger partial charge in [-0.1, -0.05) is 0 Å². The van der Waals surface area contributed by atoms with E-state index in [1.165, 1.54) is 0 Å². The van der Waals surface area contributed by atoms with Gasteiger partial charge in [-0.3, -0.25) is 9.78 Å². The maximum absolute atomic E-state index is 11.6. The lowest BCUT2D eigenvalue weighted by Crippen LogP contribution is -2.33. The average molecular weight is 250 g/mol. The Labute approximate surface area is 108 Å². The van der Waals surface area contributed by atoms with Crippen LogP contribution in [0.15, 0.2) is 18.3 Å². The molecule has 1 aromatic rings. The SMILES string of the molecule is CNC(=O)c1cc(N(CCCN)C(C)C)ccn1. The minimum absolute atomic E-state index is 0.167. The van der Waals surface area contributed by atoms with Crippen molar-refractivity contribution in [3.8, 4) is 0 Å². The molecule has 0 saturated carbocycles. The van der Waals surface area contributed by atoms with Gasteiger partial charge >= 0.3 is 0 Å². The van der Waals surface area contributed by atoms with Gasteiger partial charge in [-0.05, 0) is 38.9 Å². The number of carbonyl (C=O) groups is 1. The number of nitrogens with zero attached hydrogens (tertiary/aromatic N) is 2. The number of carbonyl (C=O) groups excluding carboxylic acids is 1. The van der Waals surface area contributed by atoms with Gasteiger partial charge in [-0.15, -0.1) is 0 Å². The van der Waals surface area contributed by atoms with Crippen LogP contribution in [0, 0.1) is 0 Å². The van der Waals surface area contributed by atoms with Crippen LogP contribution < -0.4 is 16.0 Å². The molecule has 0 bridgehead atoms. The molecule has 0 radical (unpaired) electrons. The van der Waals surface area contributed by atoms with Crippen molar-refractivity contribution in [1.29, 1.82) is 0 Å². The third-order valence-corrected chi connectivity index (χ3v) is 2.76. The highest BCUT2D eigenvalue weighted by Crippen LogP contribution is 2.17. The van der Waals surface area contributed by atoms with Gasteiger partial charge in [-0.25, -0.2) is 0 Å². The standard InChI is InChI=1S/C13H22N4O/c1-10(2)17(8-4-6-14)11-5-7-16-12(9-11)13(18)15-3/h5,7,9-10H,4,6,8,14H2,1-3H3,(H,15,18). The highest BCUT2D eigenvalue weighted by Gasteiger charge is 2.12. The second-order valence-corrected chi connectivity index (χ2v) is 4.41. The van der Waals surface area contributed by atoms with Crippen LogP contribution in [0.5, 0.6) is 0 Å². The molecule has 1 aromatic heterocycles. The van der Waals surface area contributed by atoms with Gasteiger partial charge in [0.05, 0.1) is 0 Å². The van der Waals surface area contributed by atoms with Crippen molar-refractivity contribution >= 4 is 11.6 Å². The van der Waals surface area contributed by atoms with Gasteiger partial charge in [0, 0.05) is 31.5 Å². The first-order chi connectivity index (χ1) is 8.60. The lowest BCUT2D eigenvalue weighted by atomic mass is 10.2. The Balaban J connectivity index is 2.94. The van der Waals surface area contributed by atoms with Crippen molar-refractivity contribution in [2.24, 2.45) is 5.73 Å². The van der Waals surface area contributed by atoms with E-state index < -0.39 is 0 Å². The molecule has 18 heavy (non-hydrogen) atoms. The molecule has 1 heterocycles. The summed E-state index contributed by atoms with van der Waals surface area (Å²) >= 11 is 0. The van der Waals surface area contributed by atoms with E-state index in [2.05, 4.69) is 29.0 Å². The monoisotopic (exact) mass is 250 g/mol. The number of rotatable bonds is 6. The van der Waals surface area contributed by atoms with E-state index >= 15 is 0 Å². The Bertz CT molecular complexity index is 392. The van der Waals surface area contributed by atoms with E-state index in [9.17, 15) is 4.79 Å². The molecule has 1 rings (SSSR count). The van der Waals surface area contributed by atoms with Crippen LogP contribution >= 0.6 is 0 Å². The van der Waals surface area contributed by atoms with Gasteiger partial charge in [-0.2, -0.15) is 0 Å². The van der Waals surface area contributed by atoms with Gasteiger partial charge in [0.25, 0.3) is 5.91 Å². The number of nitrogens with two attached hydrogens (primary N) is 1. The van der Waals surface area contributed by atoms with Crippen molar-refractivity contribution in [1.82, 2.24) is 10.3 Å². The molecule has 5 nitrogen and oxygen atoms in total. The average Bonchev–Trinajstić information content (AvgIpc) is 2.38. The second-order valence-electron chi connectivity index (χ2n) is 4.41. The zero-order chi connectivity index (χ0) is 13.5. The molecule has 0 atom stereocenters. The molecule has 0 unspecified atom stereocenters. The molecule has 5 heteroatoms. The van der Waals surface area contributed by atoms with Crippen LogP contribution in [0.4, 0.5) is 5.69 Å². The molecule has 0 aliphatic heterocycles. The molecule has 1 amide bonds. The fourth-order valence-electron chi connectivity index (χ4n) is 1.80. The van der Waals surface area contributed by atoms with Crippen LogP contribution in [0.2, 0.25) is 0 Å². The van der Waals surface area contributed by atoms with Crippen molar-refractivity contribution in [2.75, 3.05) is 25.0 Å². The number of aromatic nitrogens is 1. The summed E-state index contributed by atoms with van der Waals surface area (Å²) in [5.41, 5.74) is 7.00. The van der Waals surface area contributed by atoms with E-state index in [0.29, 0.717) is 18.3 Å². The first-order valence-corrected chi connectivity index (χ1v) is 6.25. The Morgan fingerprint density at radius 1 is 1.56 bits per heavy atom. The molecule has 100 valence electrons. The van der Waals surface area contributed by atoms with Crippen molar-refractivity contribution in [2.45, 2.75) is 26.3 Å². The Kier molecular flexibility index (Phi) is 5.58. The molecule has 0 fully saturated rings. The summed E-state index contributed by atoms with van der Waals surface area (Å²) in [4.78, 5) is 17.9. The van der Waals surface area contributed by atoms with Crippen LogP contribution in [0.25, 0.3) is 0 Å². The number of amides is 1. The van der Waals surface area contributed by atoms with E-state index in [1.807, 2.05) is 12.1 Å². The van der Waals surface area contributed by atoms with E-state index in [0.717, 1.165) is 18.7 Å². The molecular weight excluding hydrogens is 228 g/mol. The lowest BCUT2D eigenvalue weighted by Gasteiger charge is -2.29. The zero-order valence-corrected chi connectivity index (χ0v) is 11.3. The van der Waals surface area contributed by atoms with Crippen LogP contribution in [-0.2, 0) is 0 Å². The summed E-state index contributed by atoms with van der Waals surface area (Å²) in [6, 6.07) is 4.09. The van der Waals surface area contributed by atoms with Crippen molar-refractivity contribution < 1.29 is 4.79 Å². The maximum Gasteiger partial charge on any atom is 0.269 e. The topological polar surface area (TPSA) is 71.2 Å². The van der Waals surface area contributed by atoms with Gasteiger partial charge in [0.2, 0.25) is 0 Å². The van der Waals surface area contributed by atoms with Crippen molar-refractivity contribution in [3.63, 3.8) is 0 Å². The molecule has 0 saturated heterocycles. The molecule has 0 spiro atoms. The Morgan fingerprint density at radius 2 is 2.28 bits per heavy atom. The predicted molar refractivity (Wildman–Crippen MR) is 73.8 cm³/mol. The first kappa shape index (κ1) is 14.4. The number of anilines is 1. The van der Waals surface area contributed by atoms with Crippen LogP contribution in [0.1, 0.15) is 30.8 Å². The Morgan fingerprint density at radius 3 is 2.83 bits per heavy atom. The van der Waals surface area contributed by atoms with Gasteiger partial charge < -0.3 is 16.0 Å². The van der Waals surface area contributed by atoms with Crippen LogP contribution in [0.3, 0.4) is 0 Å². The Hall–Kier alpha value is -1.62. The van der Waals surface area contributed by atoms with E-state index in [1.54, 1.807) is 13.2 Å². The van der Waals surface area contributed by atoms with E-state index in [4.69, 9.17) is 5.73 Å². The number of hydrogen-bond acceptors (Lipinski definition) is 4. The molecule has 0 aliphatic carbocycles. The first-order valence-electron chi connectivity index (χ1n) is 6.25. The second kappa shape index (κ2) is 6.96. The third kappa shape index (κ3) is 3.70. The largest absolute Gasteiger partial charge is 0.369 e. The smallest absolute Gasteiger partial charge is 0.269 e. The van der Waals surface area contributed by atoms with Crippen molar-refractivity contribution in [3.05, 3.63) is 24.0 Å². The summed E-state index contributed by atoms with van der Waals surface area (Å²) in [6.45, 7) is 5.79. The fourth-order valence-corrected chi connectivity index (χ4v) is 1.80. The number of pyridine rings is 1. The highest BCUT2D eigenvalue weighted by molar-refractivity contribution is 5.92. The maximum atomic E-state index is 11.6. The minimum Gasteiger partial charge on any atom is -0.369 e. The summed E-state index contributed by atoms with van der Waals surface area (Å²) in [5.74, 6) is -0.167. The third-order valence-electron chi connectivity index (χ3n) is 2.76. The molecule has 0 aromatic carbocycles. The zero-order valence-electron chi connectivity index (χ0n) is 11.3. The summed E-state index contributed by atoms with van der Waals surface area (Å²) < 4.78 is 0. The lowest BCUT2D eigenvalue weighted by molar-refractivity contribution is 0.0958. The van der Waals surface area contributed by atoms with Crippen LogP contribution in [-0.4, -0.2) is 37.1 Å². The van der Waals surface area contributed by atoms with E-state index in [-0.39, 0.29) is 5.91 Å². The summed E-state index contributed by atoms with van der Waals surface area (Å²) in [7, 11) is 1.60. The summed E-state index contributed by atoms with van der Waals surface area (Å²) in [6.07, 6.45) is 2.59. The number of nitrogens with one attached hydrogen (secondary N) is 1. The molecule has 0 aliphatic rings. The minimum atomic E-state index is -0.167. The molecule has 3 N–H and O–H groups in total. The van der Waals surface area contributed by atoms with Gasteiger partial charge in [0.1, 0.15) is 5.69 Å². The summed E-state index contributed by atoms with van der Waals surface area (Å²) in [5, 5.41) is 2.58. The predicted octanol–water partition coefficient (Wildman–Crippen LogP) is 1.00. The van der Waals surface area contributed by atoms with Gasteiger partial charge in [0.15, 0.2) is 0 Å². The molecular formula is C13H22N4O. The quantitative estimate of drug-likeness (QED) is 0.790.